The molecule has 0 amide bonds. The van der Waals surface area contributed by atoms with Crippen molar-refractivity contribution in [2.24, 2.45) is 0 Å². The van der Waals surface area contributed by atoms with Gasteiger partial charge in [-0.05, 0) is 37.8 Å². The summed E-state index contributed by atoms with van der Waals surface area (Å²) in [6.45, 7) is 3.37. The Morgan fingerprint density at radius 1 is 1.19 bits per heavy atom. The maximum absolute atomic E-state index is 5.38. The molecule has 1 saturated heterocycles. The molecule has 2 fully saturated rings. The van der Waals surface area contributed by atoms with E-state index in [1.807, 2.05) is 6.07 Å². The second kappa shape index (κ2) is 4.60. The van der Waals surface area contributed by atoms with E-state index in [0.717, 1.165) is 24.4 Å². The fourth-order valence-corrected chi connectivity index (χ4v) is 2.46. The Kier molecular flexibility index (Phi) is 2.98. The van der Waals surface area contributed by atoms with Crippen LogP contribution < -0.4 is 5.32 Å². The average molecular weight is 220 g/mol. The molecule has 3 heteroatoms. The third-order valence-corrected chi connectivity index (χ3v) is 3.60. The van der Waals surface area contributed by atoms with Crippen LogP contribution in [0.5, 0.6) is 0 Å². The van der Waals surface area contributed by atoms with Gasteiger partial charge in [-0.25, -0.2) is 0 Å². The van der Waals surface area contributed by atoms with Crippen LogP contribution in [0.4, 0.5) is 0 Å². The summed E-state index contributed by atoms with van der Waals surface area (Å²) in [6, 6.07) is 5.65. The van der Waals surface area contributed by atoms with Crippen LogP contribution in [0, 0.1) is 0 Å². The molecule has 1 aliphatic carbocycles. The molecule has 88 valence electrons. The molecule has 0 unspecified atom stereocenters. The second-order valence-electron chi connectivity index (χ2n) is 5.07. The lowest BCUT2D eigenvalue weighted by Gasteiger charge is -2.31. The van der Waals surface area contributed by atoms with E-state index in [0.29, 0.717) is 0 Å². The number of furan rings is 1. The first-order valence-electron chi connectivity index (χ1n) is 6.41. The lowest BCUT2D eigenvalue weighted by molar-refractivity contribution is 0.178. The van der Waals surface area contributed by atoms with E-state index in [1.165, 1.54) is 38.8 Å². The summed E-state index contributed by atoms with van der Waals surface area (Å²) < 4.78 is 5.38. The van der Waals surface area contributed by atoms with Gasteiger partial charge in [-0.1, -0.05) is 0 Å². The molecule has 1 aromatic rings. The van der Waals surface area contributed by atoms with Crippen LogP contribution in [-0.4, -0.2) is 30.1 Å². The summed E-state index contributed by atoms with van der Waals surface area (Å²) in [6.07, 6.45) is 7.13. The van der Waals surface area contributed by atoms with Crippen molar-refractivity contribution >= 4 is 0 Å². The Morgan fingerprint density at radius 3 is 2.56 bits per heavy atom. The maximum Gasteiger partial charge on any atom is 0.117 e. The van der Waals surface area contributed by atoms with Gasteiger partial charge >= 0.3 is 0 Å². The molecule has 1 N–H and O–H groups in total. The topological polar surface area (TPSA) is 28.4 Å². The van der Waals surface area contributed by atoms with Gasteiger partial charge in [-0.2, -0.15) is 0 Å². The molecule has 2 aliphatic rings. The van der Waals surface area contributed by atoms with Crippen molar-refractivity contribution in [3.8, 4) is 0 Å². The normalized spacial score (nSPS) is 23.8. The molecule has 0 radical (unpaired) electrons. The van der Waals surface area contributed by atoms with E-state index in [4.69, 9.17) is 4.42 Å². The molecule has 0 bridgehead atoms. The fraction of sp³-hybridized carbons (Fsp3) is 0.692. The highest BCUT2D eigenvalue weighted by molar-refractivity contribution is 4.98. The van der Waals surface area contributed by atoms with E-state index in [9.17, 15) is 0 Å². The molecule has 3 rings (SSSR count). The number of piperidine rings is 1. The second-order valence-corrected chi connectivity index (χ2v) is 5.07. The minimum atomic E-state index is 0.764. The molecular formula is C13H20N2O. The van der Waals surface area contributed by atoms with Crippen LogP contribution in [0.15, 0.2) is 22.8 Å². The number of hydrogen-bond acceptors (Lipinski definition) is 3. The van der Waals surface area contributed by atoms with Gasteiger partial charge in [0.25, 0.3) is 0 Å². The van der Waals surface area contributed by atoms with Gasteiger partial charge in [0, 0.05) is 25.2 Å². The van der Waals surface area contributed by atoms with Gasteiger partial charge in [0.05, 0.1) is 12.8 Å². The number of nitrogens with zero attached hydrogens (tertiary/aromatic N) is 1. The predicted octanol–water partition coefficient (Wildman–Crippen LogP) is 2.00. The van der Waals surface area contributed by atoms with E-state index < -0.39 is 0 Å². The maximum atomic E-state index is 5.38. The third kappa shape index (κ3) is 2.66. The molecule has 1 aromatic heterocycles. The van der Waals surface area contributed by atoms with Crippen molar-refractivity contribution < 1.29 is 4.42 Å². The van der Waals surface area contributed by atoms with Crippen LogP contribution in [0.1, 0.15) is 31.4 Å². The molecule has 3 nitrogen and oxygen atoms in total. The lowest BCUT2D eigenvalue weighted by Crippen LogP contribution is -2.42. The van der Waals surface area contributed by atoms with E-state index in [2.05, 4.69) is 16.3 Å². The molecular weight excluding hydrogens is 200 g/mol. The van der Waals surface area contributed by atoms with Gasteiger partial charge in [0.2, 0.25) is 0 Å². The van der Waals surface area contributed by atoms with Crippen LogP contribution in [0.2, 0.25) is 0 Å². The zero-order valence-electron chi connectivity index (χ0n) is 9.69. The summed E-state index contributed by atoms with van der Waals surface area (Å²) in [5, 5.41) is 3.72. The van der Waals surface area contributed by atoms with Crippen molar-refractivity contribution in [3.63, 3.8) is 0 Å². The minimum absolute atomic E-state index is 0.764. The Labute approximate surface area is 96.8 Å². The molecule has 2 heterocycles. The highest BCUT2D eigenvalue weighted by atomic mass is 16.3. The van der Waals surface area contributed by atoms with Gasteiger partial charge in [-0.15, -0.1) is 0 Å². The van der Waals surface area contributed by atoms with Gasteiger partial charge in [0.1, 0.15) is 5.76 Å². The first-order chi connectivity index (χ1) is 7.90. The van der Waals surface area contributed by atoms with Crippen LogP contribution in [0.25, 0.3) is 0 Å². The highest BCUT2D eigenvalue weighted by Crippen LogP contribution is 2.22. The van der Waals surface area contributed by atoms with Crippen molar-refractivity contribution in [1.29, 1.82) is 0 Å². The summed E-state index contributed by atoms with van der Waals surface area (Å²) in [7, 11) is 0. The van der Waals surface area contributed by atoms with Crippen LogP contribution in [-0.2, 0) is 6.54 Å². The fourth-order valence-electron chi connectivity index (χ4n) is 2.46. The standard InChI is InChI=1S/C13H20N2O/c1-2-13(16-9-1)10-15-7-5-12(6-8-15)14-11-3-4-11/h1-2,9,11-12,14H,3-8,10H2. The minimum Gasteiger partial charge on any atom is -0.468 e. The largest absolute Gasteiger partial charge is 0.468 e. The van der Waals surface area contributed by atoms with Crippen molar-refractivity contribution in [2.75, 3.05) is 13.1 Å². The van der Waals surface area contributed by atoms with Crippen molar-refractivity contribution in [3.05, 3.63) is 24.2 Å². The zero-order valence-corrected chi connectivity index (χ0v) is 9.69. The SMILES string of the molecule is c1coc(CN2CCC(NC3CC3)CC2)c1. The zero-order chi connectivity index (χ0) is 10.8. The van der Waals surface area contributed by atoms with Crippen LogP contribution >= 0.6 is 0 Å². The summed E-state index contributed by atoms with van der Waals surface area (Å²) in [5.74, 6) is 1.09. The quantitative estimate of drug-likeness (QED) is 0.841. The van der Waals surface area contributed by atoms with E-state index in [1.54, 1.807) is 6.26 Å². The number of likely N-dealkylation sites (tertiary alicyclic amines) is 1. The van der Waals surface area contributed by atoms with Gasteiger partial charge in [-0.3, -0.25) is 4.90 Å². The first kappa shape index (κ1) is 10.4. The van der Waals surface area contributed by atoms with Crippen molar-refractivity contribution in [2.45, 2.75) is 44.3 Å². The Bertz CT molecular complexity index is 311. The Hall–Kier alpha value is -0.800. The summed E-state index contributed by atoms with van der Waals surface area (Å²) in [4.78, 5) is 2.49. The lowest BCUT2D eigenvalue weighted by atomic mass is 10.0. The molecule has 1 saturated carbocycles. The molecule has 1 aliphatic heterocycles. The number of hydrogen-bond donors (Lipinski definition) is 1. The smallest absolute Gasteiger partial charge is 0.117 e. The highest BCUT2D eigenvalue weighted by Gasteiger charge is 2.27. The molecule has 0 aromatic carbocycles. The average Bonchev–Trinajstić information content (AvgIpc) is 2.96. The summed E-state index contributed by atoms with van der Waals surface area (Å²) >= 11 is 0. The number of rotatable bonds is 4. The van der Waals surface area contributed by atoms with E-state index in [-0.39, 0.29) is 0 Å². The summed E-state index contributed by atoms with van der Waals surface area (Å²) in [5.41, 5.74) is 0. The molecule has 0 atom stereocenters. The van der Waals surface area contributed by atoms with Gasteiger partial charge < -0.3 is 9.73 Å². The van der Waals surface area contributed by atoms with E-state index >= 15 is 0 Å². The third-order valence-electron chi connectivity index (χ3n) is 3.60. The van der Waals surface area contributed by atoms with Crippen LogP contribution in [0.3, 0.4) is 0 Å². The van der Waals surface area contributed by atoms with Gasteiger partial charge in [0.15, 0.2) is 0 Å². The number of nitrogens with one attached hydrogen (secondary N) is 1. The van der Waals surface area contributed by atoms with Crippen molar-refractivity contribution in [1.82, 2.24) is 10.2 Å². The molecule has 16 heavy (non-hydrogen) atoms. The predicted molar refractivity (Wildman–Crippen MR) is 63.2 cm³/mol. The monoisotopic (exact) mass is 220 g/mol. The molecule has 0 spiro atoms. The Morgan fingerprint density at radius 2 is 1.94 bits per heavy atom. The first-order valence-corrected chi connectivity index (χ1v) is 6.41. The Balaban J connectivity index is 1.43.